The lowest BCUT2D eigenvalue weighted by Crippen LogP contribution is -2.37. The molecule has 1 N–H and O–H groups in total. The molecular weight excluding hydrogens is 429 g/mol. The van der Waals surface area contributed by atoms with Crippen molar-refractivity contribution >= 4 is 7.82 Å². The van der Waals surface area contributed by atoms with Gasteiger partial charge in [0.15, 0.2) is 0 Å². The Labute approximate surface area is 197 Å². The third kappa shape index (κ3) is 24.4. The molecule has 2 unspecified atom stereocenters. The van der Waals surface area contributed by atoms with Crippen molar-refractivity contribution in [1.82, 2.24) is 0 Å². The van der Waals surface area contributed by atoms with Crippen LogP contribution >= 0.6 is 7.82 Å². The maximum atomic E-state index is 11.7. The summed E-state index contributed by atoms with van der Waals surface area (Å²) in [6.45, 7) is 3.10. The number of quaternary nitrogens is 1. The molecule has 8 heteroatoms. The Morgan fingerprint density at radius 1 is 0.844 bits per heavy atom. The van der Waals surface area contributed by atoms with Gasteiger partial charge in [-0.05, 0) is 32.1 Å². The minimum atomic E-state index is -4.39. The van der Waals surface area contributed by atoms with Gasteiger partial charge in [0.1, 0.15) is 19.3 Å². The minimum Gasteiger partial charge on any atom is -0.756 e. The topological polar surface area (TPSA) is 88.0 Å². The molecule has 0 bridgehead atoms. The second-order valence-corrected chi connectivity index (χ2v) is 11.0. The number of unbranched alkanes of at least 4 members (excludes halogenated alkanes) is 10. The summed E-state index contributed by atoms with van der Waals surface area (Å²) in [7, 11) is 1.44. The van der Waals surface area contributed by atoms with Crippen LogP contribution in [0.3, 0.4) is 0 Å². The van der Waals surface area contributed by atoms with E-state index in [1.165, 1.54) is 64.2 Å². The lowest BCUT2D eigenvalue weighted by molar-refractivity contribution is -0.870. The van der Waals surface area contributed by atoms with Crippen LogP contribution in [-0.2, 0) is 18.3 Å². The van der Waals surface area contributed by atoms with Crippen LogP contribution in [0.1, 0.15) is 84.0 Å². The summed E-state index contributed by atoms with van der Waals surface area (Å²) in [5.74, 6) is 0. The maximum Gasteiger partial charge on any atom is 0.268 e. The van der Waals surface area contributed by atoms with Gasteiger partial charge in [0.05, 0.1) is 34.4 Å². The number of ether oxygens (including phenoxy) is 1. The van der Waals surface area contributed by atoms with Gasteiger partial charge in [0.2, 0.25) is 0 Å². The lowest BCUT2D eigenvalue weighted by Gasteiger charge is -2.27. The molecule has 0 aromatic carbocycles. The number of phosphoric acid groups is 1. The average molecular weight is 480 g/mol. The van der Waals surface area contributed by atoms with Gasteiger partial charge in [0, 0.05) is 6.61 Å². The third-order valence-electron chi connectivity index (χ3n) is 5.05. The largest absolute Gasteiger partial charge is 0.756 e. The molecule has 0 aromatic rings. The van der Waals surface area contributed by atoms with Crippen molar-refractivity contribution in [1.29, 1.82) is 0 Å². The third-order valence-corrected chi connectivity index (χ3v) is 6.01. The molecule has 0 spiro atoms. The number of likely N-dealkylation sites (N-methyl/N-ethyl adjacent to an activating group) is 1. The highest BCUT2D eigenvalue weighted by molar-refractivity contribution is 7.45. The standard InChI is InChI=1S/C24H50NO6P/c1-5-6-7-8-9-10-11-12-13-14-15-16-17-18-20-29-22-24(26)23-31-32(27,28)30-21-19-25(2,3)4/h10-11,24,26H,5-9,12-23H2,1-4H3/b11-10-. The Balaban J connectivity index is 3.46. The fourth-order valence-electron chi connectivity index (χ4n) is 3.01. The predicted molar refractivity (Wildman–Crippen MR) is 129 cm³/mol. The van der Waals surface area contributed by atoms with E-state index in [1.807, 2.05) is 21.1 Å². The van der Waals surface area contributed by atoms with E-state index in [2.05, 4.69) is 19.1 Å². The molecule has 0 saturated carbocycles. The first-order valence-electron chi connectivity index (χ1n) is 12.5. The highest BCUT2D eigenvalue weighted by Gasteiger charge is 2.15. The van der Waals surface area contributed by atoms with E-state index >= 15 is 0 Å². The monoisotopic (exact) mass is 479 g/mol. The molecule has 32 heavy (non-hydrogen) atoms. The van der Waals surface area contributed by atoms with Crippen molar-refractivity contribution in [2.75, 3.05) is 54.1 Å². The van der Waals surface area contributed by atoms with E-state index in [9.17, 15) is 14.6 Å². The van der Waals surface area contributed by atoms with E-state index in [1.54, 1.807) is 0 Å². The van der Waals surface area contributed by atoms with Crippen LogP contribution in [0.4, 0.5) is 0 Å². The van der Waals surface area contributed by atoms with Crippen molar-refractivity contribution in [3.63, 3.8) is 0 Å². The number of aliphatic hydroxyl groups is 1. The van der Waals surface area contributed by atoms with Crippen LogP contribution in [0.5, 0.6) is 0 Å². The molecular formula is C24H50NO6P. The van der Waals surface area contributed by atoms with Gasteiger partial charge in [-0.15, -0.1) is 0 Å². The zero-order chi connectivity index (χ0) is 24.1. The average Bonchev–Trinajstić information content (AvgIpc) is 2.71. The van der Waals surface area contributed by atoms with Gasteiger partial charge in [-0.3, -0.25) is 4.57 Å². The van der Waals surface area contributed by atoms with Crippen molar-refractivity contribution < 1.29 is 32.8 Å². The predicted octanol–water partition coefficient (Wildman–Crippen LogP) is 4.83. The molecule has 0 aromatic heterocycles. The van der Waals surface area contributed by atoms with Crippen molar-refractivity contribution in [3.8, 4) is 0 Å². The zero-order valence-electron chi connectivity index (χ0n) is 21.1. The summed E-state index contributed by atoms with van der Waals surface area (Å²) in [6.07, 6.45) is 18.4. The van der Waals surface area contributed by atoms with Crippen molar-refractivity contribution in [3.05, 3.63) is 12.2 Å². The van der Waals surface area contributed by atoms with E-state index in [4.69, 9.17) is 13.8 Å². The van der Waals surface area contributed by atoms with Gasteiger partial charge in [-0.1, -0.05) is 64.0 Å². The Bertz CT molecular complexity index is 495. The molecule has 7 nitrogen and oxygen atoms in total. The van der Waals surface area contributed by atoms with Crippen LogP contribution in [-0.4, -0.2) is 69.8 Å². The Morgan fingerprint density at radius 2 is 1.41 bits per heavy atom. The second kappa shape index (κ2) is 20.1. The summed E-state index contributed by atoms with van der Waals surface area (Å²) < 4.78 is 27.2. The van der Waals surface area contributed by atoms with Crippen LogP contribution in [0.15, 0.2) is 12.2 Å². The Morgan fingerprint density at radius 3 is 2.00 bits per heavy atom. The van der Waals surface area contributed by atoms with Gasteiger partial charge < -0.3 is 28.3 Å². The fraction of sp³-hybridized carbons (Fsp3) is 0.917. The molecule has 0 saturated heterocycles. The lowest BCUT2D eigenvalue weighted by atomic mass is 10.1. The van der Waals surface area contributed by atoms with Crippen LogP contribution in [0, 0.1) is 0 Å². The van der Waals surface area contributed by atoms with Crippen LogP contribution in [0.25, 0.3) is 0 Å². The number of aliphatic hydroxyl groups excluding tert-OH is 1. The molecule has 2 atom stereocenters. The maximum absolute atomic E-state index is 11.7. The molecule has 192 valence electrons. The quantitative estimate of drug-likeness (QED) is 0.0977. The summed E-state index contributed by atoms with van der Waals surface area (Å²) >= 11 is 0. The molecule has 0 heterocycles. The summed E-state index contributed by atoms with van der Waals surface area (Å²) in [4.78, 5) is 11.7. The van der Waals surface area contributed by atoms with E-state index in [0.717, 1.165) is 12.8 Å². The molecule has 0 amide bonds. The van der Waals surface area contributed by atoms with Gasteiger partial charge in [-0.2, -0.15) is 0 Å². The first kappa shape index (κ1) is 31.7. The number of hydrogen-bond donors (Lipinski definition) is 1. The smallest absolute Gasteiger partial charge is 0.268 e. The first-order valence-corrected chi connectivity index (χ1v) is 13.9. The SMILES string of the molecule is CCCCCC/C=C\CCCCCCCCOCC(O)COP(=O)([O-])OCC[N+](C)(C)C. The number of nitrogens with zero attached hydrogens (tertiary/aromatic N) is 1. The first-order chi connectivity index (χ1) is 15.2. The molecule has 0 radical (unpaired) electrons. The van der Waals surface area contributed by atoms with Gasteiger partial charge in [-0.25, -0.2) is 0 Å². The van der Waals surface area contributed by atoms with Crippen LogP contribution in [0.2, 0.25) is 0 Å². The second-order valence-electron chi connectivity index (χ2n) is 9.55. The van der Waals surface area contributed by atoms with Crippen molar-refractivity contribution in [2.45, 2.75) is 90.1 Å². The molecule has 0 aliphatic heterocycles. The van der Waals surface area contributed by atoms with E-state index in [0.29, 0.717) is 17.6 Å². The normalized spacial score (nSPS) is 15.3. The number of phosphoric ester groups is 1. The molecule has 0 fully saturated rings. The summed E-state index contributed by atoms with van der Waals surface area (Å²) in [5.41, 5.74) is 0. The molecule has 0 aliphatic carbocycles. The highest BCUT2D eigenvalue weighted by atomic mass is 31.2. The van der Waals surface area contributed by atoms with Gasteiger partial charge >= 0.3 is 0 Å². The van der Waals surface area contributed by atoms with Crippen molar-refractivity contribution in [2.24, 2.45) is 0 Å². The molecule has 0 rings (SSSR count). The van der Waals surface area contributed by atoms with Crippen LogP contribution < -0.4 is 4.89 Å². The number of allylic oxidation sites excluding steroid dienone is 2. The minimum absolute atomic E-state index is 0.0483. The van der Waals surface area contributed by atoms with E-state index in [-0.39, 0.29) is 19.8 Å². The van der Waals surface area contributed by atoms with E-state index < -0.39 is 13.9 Å². The summed E-state index contributed by atoms with van der Waals surface area (Å²) in [5, 5.41) is 9.81. The Hall–Kier alpha value is -0.270. The number of rotatable bonds is 23. The summed E-state index contributed by atoms with van der Waals surface area (Å²) in [6, 6.07) is 0. The Kier molecular flexibility index (Phi) is 20.0. The van der Waals surface area contributed by atoms with Gasteiger partial charge in [0.25, 0.3) is 7.82 Å². The zero-order valence-corrected chi connectivity index (χ0v) is 22.0. The fourth-order valence-corrected chi connectivity index (χ4v) is 3.74. The highest BCUT2D eigenvalue weighted by Crippen LogP contribution is 2.38. The molecule has 0 aliphatic rings. The number of hydrogen-bond acceptors (Lipinski definition) is 6.